The van der Waals surface area contributed by atoms with Gasteiger partial charge in [-0.25, -0.2) is 4.39 Å². The van der Waals surface area contributed by atoms with Gasteiger partial charge in [0.1, 0.15) is 5.82 Å². The summed E-state index contributed by atoms with van der Waals surface area (Å²) < 4.78 is 14.9. The van der Waals surface area contributed by atoms with Crippen LogP contribution in [0.2, 0.25) is 0 Å². The second-order valence-electron chi connectivity index (χ2n) is 6.14. The topological polar surface area (TPSA) is 49.4 Å². The van der Waals surface area contributed by atoms with Crippen LogP contribution in [0.5, 0.6) is 0 Å². The lowest BCUT2D eigenvalue weighted by atomic mass is 10.1. The van der Waals surface area contributed by atoms with Crippen LogP contribution in [0.25, 0.3) is 0 Å². The summed E-state index contributed by atoms with van der Waals surface area (Å²) in [6, 6.07) is 13.6. The number of para-hydroxylation sites is 1. The zero-order valence-electron chi connectivity index (χ0n) is 13.7. The van der Waals surface area contributed by atoms with Crippen LogP contribution in [0.15, 0.2) is 53.0 Å². The van der Waals surface area contributed by atoms with Gasteiger partial charge in [0.15, 0.2) is 0 Å². The van der Waals surface area contributed by atoms with Crippen molar-refractivity contribution < 1.29 is 14.0 Å². The molecule has 1 saturated heterocycles. The van der Waals surface area contributed by atoms with Crippen LogP contribution in [0.4, 0.5) is 10.1 Å². The summed E-state index contributed by atoms with van der Waals surface area (Å²) in [5.74, 6) is -1.37. The number of halogens is 2. The molecule has 1 fully saturated rings. The van der Waals surface area contributed by atoms with E-state index >= 15 is 0 Å². The average molecular weight is 405 g/mol. The standard InChI is InChI=1S/C19H18BrFN2O2/c1-12(13-5-4-6-15(20)9-13)22-19(25)14-10-18(24)23(11-14)17-8-3-2-7-16(17)21/h2-9,12,14H,10-11H2,1H3,(H,22,25)/t12-,14-/m1/s1. The first-order valence-corrected chi connectivity index (χ1v) is 8.85. The van der Waals surface area contributed by atoms with Gasteiger partial charge < -0.3 is 10.2 Å². The predicted octanol–water partition coefficient (Wildman–Crippen LogP) is 3.82. The summed E-state index contributed by atoms with van der Waals surface area (Å²) in [6.07, 6.45) is 0.0887. The minimum Gasteiger partial charge on any atom is -0.349 e. The third-order valence-electron chi connectivity index (χ3n) is 4.35. The smallest absolute Gasteiger partial charge is 0.227 e. The van der Waals surface area contributed by atoms with E-state index in [0.717, 1.165) is 10.0 Å². The predicted molar refractivity (Wildman–Crippen MR) is 97.6 cm³/mol. The number of amides is 2. The zero-order chi connectivity index (χ0) is 18.0. The van der Waals surface area contributed by atoms with E-state index in [4.69, 9.17) is 0 Å². The minimum atomic E-state index is -0.485. The first-order chi connectivity index (χ1) is 12.0. The number of anilines is 1. The van der Waals surface area contributed by atoms with Crippen molar-refractivity contribution in [1.29, 1.82) is 0 Å². The molecule has 1 heterocycles. The number of carbonyl (C=O) groups excluding carboxylic acids is 2. The van der Waals surface area contributed by atoms with Crippen LogP contribution in [0.1, 0.15) is 24.9 Å². The van der Waals surface area contributed by atoms with Gasteiger partial charge in [0.2, 0.25) is 11.8 Å². The van der Waals surface area contributed by atoms with Gasteiger partial charge in [-0.3, -0.25) is 9.59 Å². The first kappa shape index (κ1) is 17.6. The number of nitrogens with zero attached hydrogens (tertiary/aromatic N) is 1. The second kappa shape index (κ2) is 7.35. The Balaban J connectivity index is 1.68. The Morgan fingerprint density at radius 3 is 2.76 bits per heavy atom. The van der Waals surface area contributed by atoms with Crippen LogP contribution >= 0.6 is 15.9 Å². The Bertz CT molecular complexity index is 812. The summed E-state index contributed by atoms with van der Waals surface area (Å²) in [5.41, 5.74) is 1.20. The molecule has 0 aliphatic carbocycles. The Labute approximate surface area is 154 Å². The van der Waals surface area contributed by atoms with Crippen LogP contribution in [0, 0.1) is 11.7 Å². The molecule has 0 unspecified atom stereocenters. The second-order valence-corrected chi connectivity index (χ2v) is 7.06. The number of hydrogen-bond donors (Lipinski definition) is 1. The van der Waals surface area contributed by atoms with E-state index in [1.165, 1.54) is 11.0 Å². The summed E-state index contributed by atoms with van der Waals surface area (Å²) in [6.45, 7) is 2.09. The van der Waals surface area contributed by atoms with Crippen molar-refractivity contribution in [3.63, 3.8) is 0 Å². The number of carbonyl (C=O) groups is 2. The molecule has 6 heteroatoms. The van der Waals surface area contributed by atoms with E-state index in [1.807, 2.05) is 31.2 Å². The maximum absolute atomic E-state index is 13.9. The van der Waals surface area contributed by atoms with Crippen LogP contribution < -0.4 is 10.2 Å². The molecule has 1 N–H and O–H groups in total. The fraction of sp³-hybridized carbons (Fsp3) is 0.263. The first-order valence-electron chi connectivity index (χ1n) is 8.06. The lowest BCUT2D eigenvalue weighted by molar-refractivity contribution is -0.126. The van der Waals surface area contributed by atoms with Gasteiger partial charge in [0.25, 0.3) is 0 Å². The highest BCUT2D eigenvalue weighted by Gasteiger charge is 2.36. The van der Waals surface area contributed by atoms with E-state index < -0.39 is 11.7 Å². The Morgan fingerprint density at radius 1 is 1.28 bits per heavy atom. The van der Waals surface area contributed by atoms with Crippen LogP contribution in [-0.4, -0.2) is 18.4 Å². The molecule has 2 amide bonds. The molecule has 0 saturated carbocycles. The maximum atomic E-state index is 13.9. The van der Waals surface area contributed by atoms with Gasteiger partial charge in [-0.1, -0.05) is 40.2 Å². The van der Waals surface area contributed by atoms with Gasteiger partial charge in [0.05, 0.1) is 17.6 Å². The number of hydrogen-bond acceptors (Lipinski definition) is 2. The van der Waals surface area contributed by atoms with E-state index in [9.17, 15) is 14.0 Å². The Hall–Kier alpha value is -2.21. The summed E-state index contributed by atoms with van der Waals surface area (Å²) in [5, 5.41) is 2.94. The van der Waals surface area contributed by atoms with Crippen molar-refractivity contribution in [3.8, 4) is 0 Å². The van der Waals surface area contributed by atoms with Crippen molar-refractivity contribution >= 4 is 33.4 Å². The SMILES string of the molecule is C[C@@H](NC(=O)[C@@H]1CC(=O)N(c2ccccc2F)C1)c1cccc(Br)c1. The molecule has 2 atom stereocenters. The maximum Gasteiger partial charge on any atom is 0.227 e. The van der Waals surface area contributed by atoms with Crippen LogP contribution in [-0.2, 0) is 9.59 Å². The lowest BCUT2D eigenvalue weighted by Crippen LogP contribution is -2.34. The molecular formula is C19H18BrFN2O2. The molecule has 0 aromatic heterocycles. The van der Waals surface area contributed by atoms with Crippen molar-refractivity contribution in [2.24, 2.45) is 5.92 Å². The minimum absolute atomic E-state index is 0.0887. The Morgan fingerprint density at radius 2 is 2.04 bits per heavy atom. The van der Waals surface area contributed by atoms with Crippen molar-refractivity contribution in [3.05, 3.63) is 64.4 Å². The highest BCUT2D eigenvalue weighted by Crippen LogP contribution is 2.28. The lowest BCUT2D eigenvalue weighted by Gasteiger charge is -2.19. The van der Waals surface area contributed by atoms with Crippen molar-refractivity contribution in [2.75, 3.05) is 11.4 Å². The Kier molecular flexibility index (Phi) is 5.18. The monoisotopic (exact) mass is 404 g/mol. The molecule has 25 heavy (non-hydrogen) atoms. The summed E-state index contributed by atoms with van der Waals surface area (Å²) >= 11 is 3.41. The fourth-order valence-electron chi connectivity index (χ4n) is 2.98. The highest BCUT2D eigenvalue weighted by atomic mass is 79.9. The molecular weight excluding hydrogens is 387 g/mol. The molecule has 4 nitrogen and oxygen atoms in total. The summed E-state index contributed by atoms with van der Waals surface area (Å²) in [7, 11) is 0. The molecule has 1 aliphatic rings. The highest BCUT2D eigenvalue weighted by molar-refractivity contribution is 9.10. The molecule has 3 rings (SSSR count). The molecule has 2 aromatic rings. The number of benzene rings is 2. The average Bonchev–Trinajstić information content (AvgIpc) is 2.97. The van der Waals surface area contributed by atoms with E-state index in [2.05, 4.69) is 21.2 Å². The molecule has 0 radical (unpaired) electrons. The normalized spacial score (nSPS) is 18.3. The van der Waals surface area contributed by atoms with E-state index in [-0.39, 0.29) is 36.5 Å². The largest absolute Gasteiger partial charge is 0.349 e. The molecule has 2 aromatic carbocycles. The molecule has 1 aliphatic heterocycles. The van der Waals surface area contributed by atoms with Crippen molar-refractivity contribution in [2.45, 2.75) is 19.4 Å². The van der Waals surface area contributed by atoms with E-state index in [0.29, 0.717) is 0 Å². The van der Waals surface area contributed by atoms with E-state index in [1.54, 1.807) is 18.2 Å². The fourth-order valence-corrected chi connectivity index (χ4v) is 3.39. The van der Waals surface area contributed by atoms with Gasteiger partial charge in [-0.05, 0) is 36.8 Å². The summed E-state index contributed by atoms with van der Waals surface area (Å²) in [4.78, 5) is 26.1. The van der Waals surface area contributed by atoms with Gasteiger partial charge in [-0.15, -0.1) is 0 Å². The van der Waals surface area contributed by atoms with Crippen molar-refractivity contribution in [1.82, 2.24) is 5.32 Å². The third-order valence-corrected chi connectivity index (χ3v) is 4.84. The zero-order valence-corrected chi connectivity index (χ0v) is 15.3. The number of rotatable bonds is 4. The molecule has 0 bridgehead atoms. The van der Waals surface area contributed by atoms with Gasteiger partial charge in [0, 0.05) is 17.4 Å². The third kappa shape index (κ3) is 3.90. The van der Waals surface area contributed by atoms with Gasteiger partial charge in [-0.2, -0.15) is 0 Å². The molecule has 130 valence electrons. The molecule has 0 spiro atoms. The quantitative estimate of drug-likeness (QED) is 0.841. The van der Waals surface area contributed by atoms with Gasteiger partial charge >= 0.3 is 0 Å². The van der Waals surface area contributed by atoms with Crippen LogP contribution in [0.3, 0.4) is 0 Å². The number of nitrogens with one attached hydrogen (secondary N) is 1.